The van der Waals surface area contributed by atoms with Crippen molar-refractivity contribution in [3.63, 3.8) is 0 Å². The van der Waals surface area contributed by atoms with Crippen LogP contribution in [-0.4, -0.2) is 37.4 Å². The lowest BCUT2D eigenvalue weighted by Gasteiger charge is -2.22. The zero-order valence-corrected chi connectivity index (χ0v) is 15.3. The van der Waals surface area contributed by atoms with Crippen LogP contribution in [0.1, 0.15) is 20.8 Å². The highest BCUT2D eigenvalue weighted by molar-refractivity contribution is 7.90. The molecule has 0 radical (unpaired) electrons. The smallest absolute Gasteiger partial charge is 0.270 e. The predicted octanol–water partition coefficient (Wildman–Crippen LogP) is 3.00. The van der Waals surface area contributed by atoms with Gasteiger partial charge in [-0.1, -0.05) is 0 Å². The Morgan fingerprint density at radius 1 is 1.12 bits per heavy atom. The fourth-order valence-corrected chi connectivity index (χ4v) is 2.48. The molecule has 0 fully saturated rings. The molecule has 2 aromatic rings. The predicted molar refractivity (Wildman–Crippen MR) is 88.5 cm³/mol. The second kappa shape index (κ2) is 6.83. The summed E-state index contributed by atoms with van der Waals surface area (Å²) in [4.78, 5) is 7.77. The minimum absolute atomic E-state index is 0.0530. The van der Waals surface area contributed by atoms with Gasteiger partial charge in [0, 0.05) is 6.26 Å². The van der Waals surface area contributed by atoms with Crippen LogP contribution in [0.5, 0.6) is 23.3 Å². The highest BCUT2D eigenvalue weighted by Gasteiger charge is 2.22. The van der Waals surface area contributed by atoms with E-state index in [9.17, 15) is 12.8 Å². The van der Waals surface area contributed by atoms with Gasteiger partial charge in [-0.3, -0.25) is 0 Å². The van der Waals surface area contributed by atoms with Crippen LogP contribution in [0.2, 0.25) is 0 Å². The molecule has 0 amide bonds. The van der Waals surface area contributed by atoms with Crippen LogP contribution < -0.4 is 14.2 Å². The Balaban J connectivity index is 2.39. The molecule has 1 aromatic carbocycles. The van der Waals surface area contributed by atoms with Crippen LogP contribution in [0.15, 0.2) is 29.4 Å². The standard InChI is InChI=1S/C16H19FN2O5S/c1-16(2,3)24-15-13(22-4)14(18-9-19-15)23-12-7-6-10(8-11(12)17)25(5,20)21/h6-9H,1-5H3. The van der Waals surface area contributed by atoms with Crippen molar-refractivity contribution < 1.29 is 27.0 Å². The Hall–Kier alpha value is -2.42. The van der Waals surface area contributed by atoms with Gasteiger partial charge in [0.2, 0.25) is 5.75 Å². The third-order valence-electron chi connectivity index (χ3n) is 2.88. The minimum atomic E-state index is -3.52. The second-order valence-electron chi connectivity index (χ2n) is 6.20. The summed E-state index contributed by atoms with van der Waals surface area (Å²) in [5, 5.41) is 0. The third-order valence-corrected chi connectivity index (χ3v) is 3.99. The first-order valence-corrected chi connectivity index (χ1v) is 9.16. The van der Waals surface area contributed by atoms with E-state index in [1.54, 1.807) is 0 Å². The van der Waals surface area contributed by atoms with Gasteiger partial charge < -0.3 is 14.2 Å². The molecule has 9 heteroatoms. The topological polar surface area (TPSA) is 87.6 Å². The van der Waals surface area contributed by atoms with Crippen LogP contribution in [-0.2, 0) is 9.84 Å². The first-order valence-electron chi connectivity index (χ1n) is 7.27. The highest BCUT2D eigenvalue weighted by atomic mass is 32.2. The summed E-state index contributed by atoms with van der Waals surface area (Å²) in [7, 11) is -2.14. The Bertz CT molecular complexity index is 879. The van der Waals surface area contributed by atoms with E-state index in [1.165, 1.54) is 25.6 Å². The number of nitrogens with zero attached hydrogens (tertiary/aromatic N) is 2. The molecular formula is C16H19FN2O5S. The van der Waals surface area contributed by atoms with Gasteiger partial charge in [0.15, 0.2) is 21.4 Å². The molecule has 0 spiro atoms. The van der Waals surface area contributed by atoms with Crippen LogP contribution in [0.25, 0.3) is 0 Å². The highest BCUT2D eigenvalue weighted by Crippen LogP contribution is 2.38. The van der Waals surface area contributed by atoms with Crippen molar-refractivity contribution in [2.45, 2.75) is 31.3 Å². The molecule has 0 aliphatic rings. The fourth-order valence-electron chi connectivity index (χ4n) is 1.85. The van der Waals surface area contributed by atoms with Crippen LogP contribution >= 0.6 is 0 Å². The van der Waals surface area contributed by atoms with E-state index in [2.05, 4.69) is 9.97 Å². The number of hydrogen-bond donors (Lipinski definition) is 0. The van der Waals surface area contributed by atoms with Gasteiger partial charge >= 0.3 is 0 Å². The largest absolute Gasteiger partial charge is 0.487 e. The maximum Gasteiger partial charge on any atom is 0.270 e. The Morgan fingerprint density at radius 3 is 2.28 bits per heavy atom. The van der Waals surface area contributed by atoms with Crippen molar-refractivity contribution in [2.24, 2.45) is 0 Å². The van der Waals surface area contributed by atoms with Crippen LogP contribution in [0.3, 0.4) is 0 Å². The van der Waals surface area contributed by atoms with E-state index in [0.717, 1.165) is 12.3 Å². The summed E-state index contributed by atoms with van der Waals surface area (Å²) in [6.07, 6.45) is 2.19. The molecular weight excluding hydrogens is 351 g/mol. The van der Waals surface area contributed by atoms with Crippen LogP contribution in [0, 0.1) is 5.82 Å². The monoisotopic (exact) mass is 370 g/mol. The number of ether oxygens (including phenoxy) is 3. The molecule has 0 aliphatic heterocycles. The maximum absolute atomic E-state index is 14.2. The fraction of sp³-hybridized carbons (Fsp3) is 0.375. The summed E-state index contributed by atoms with van der Waals surface area (Å²) >= 11 is 0. The normalized spacial score (nSPS) is 11.9. The molecule has 0 saturated heterocycles. The van der Waals surface area contributed by atoms with Crippen LogP contribution in [0.4, 0.5) is 4.39 Å². The van der Waals surface area contributed by atoms with Gasteiger partial charge in [0.25, 0.3) is 11.8 Å². The average molecular weight is 370 g/mol. The van der Waals surface area contributed by atoms with Gasteiger partial charge in [0.05, 0.1) is 12.0 Å². The summed E-state index contributed by atoms with van der Waals surface area (Å²) in [5.41, 5.74) is -0.540. The van der Waals surface area contributed by atoms with Crippen molar-refractivity contribution >= 4 is 9.84 Å². The van der Waals surface area contributed by atoms with E-state index in [0.29, 0.717) is 0 Å². The summed E-state index contributed by atoms with van der Waals surface area (Å²) in [6.45, 7) is 5.50. The first-order chi connectivity index (χ1) is 11.5. The van der Waals surface area contributed by atoms with Gasteiger partial charge in [-0.25, -0.2) is 12.8 Å². The molecule has 0 aliphatic carbocycles. The number of methoxy groups -OCH3 is 1. The van der Waals surface area contributed by atoms with Gasteiger partial charge in [-0.05, 0) is 39.0 Å². The second-order valence-corrected chi connectivity index (χ2v) is 8.21. The number of hydrogen-bond acceptors (Lipinski definition) is 7. The molecule has 7 nitrogen and oxygen atoms in total. The summed E-state index contributed by atoms with van der Waals surface area (Å²) < 4.78 is 53.4. The quantitative estimate of drug-likeness (QED) is 0.799. The van der Waals surface area contributed by atoms with Crippen molar-refractivity contribution in [3.05, 3.63) is 30.3 Å². The maximum atomic E-state index is 14.2. The van der Waals surface area contributed by atoms with E-state index in [4.69, 9.17) is 14.2 Å². The molecule has 0 saturated carbocycles. The number of benzene rings is 1. The average Bonchev–Trinajstić information content (AvgIpc) is 2.47. The lowest BCUT2D eigenvalue weighted by atomic mass is 10.2. The lowest BCUT2D eigenvalue weighted by molar-refractivity contribution is 0.117. The van der Waals surface area contributed by atoms with Crippen molar-refractivity contribution in [2.75, 3.05) is 13.4 Å². The lowest BCUT2D eigenvalue weighted by Crippen LogP contribution is -2.24. The number of rotatable bonds is 5. The zero-order chi connectivity index (χ0) is 18.8. The molecule has 0 bridgehead atoms. The SMILES string of the molecule is COc1c(Oc2ccc(S(C)(=O)=O)cc2F)ncnc1OC(C)(C)C. The van der Waals surface area contributed by atoms with E-state index in [-0.39, 0.29) is 28.2 Å². The molecule has 1 aromatic heterocycles. The van der Waals surface area contributed by atoms with E-state index >= 15 is 0 Å². The molecule has 0 atom stereocenters. The zero-order valence-electron chi connectivity index (χ0n) is 14.5. The first kappa shape index (κ1) is 18.9. The van der Waals surface area contributed by atoms with Gasteiger partial charge in [0.1, 0.15) is 11.9 Å². The van der Waals surface area contributed by atoms with E-state index in [1.807, 2.05) is 20.8 Å². The minimum Gasteiger partial charge on any atom is -0.487 e. The Labute approximate surface area is 145 Å². The molecule has 136 valence electrons. The Morgan fingerprint density at radius 2 is 1.76 bits per heavy atom. The molecule has 25 heavy (non-hydrogen) atoms. The van der Waals surface area contributed by atoms with Gasteiger partial charge in [-0.2, -0.15) is 9.97 Å². The van der Waals surface area contributed by atoms with E-state index < -0.39 is 21.3 Å². The molecule has 0 N–H and O–H groups in total. The van der Waals surface area contributed by atoms with Crippen molar-refractivity contribution in [1.82, 2.24) is 9.97 Å². The Kier molecular flexibility index (Phi) is 5.17. The number of sulfone groups is 1. The van der Waals surface area contributed by atoms with Crippen molar-refractivity contribution in [1.29, 1.82) is 0 Å². The summed E-state index contributed by atoms with van der Waals surface area (Å²) in [5.74, 6) is -0.854. The van der Waals surface area contributed by atoms with Gasteiger partial charge in [-0.15, -0.1) is 0 Å². The van der Waals surface area contributed by atoms with Crippen molar-refractivity contribution in [3.8, 4) is 23.3 Å². The number of aromatic nitrogens is 2. The third kappa shape index (κ3) is 4.79. The molecule has 0 unspecified atom stereocenters. The molecule has 2 rings (SSSR count). The number of halogens is 1. The summed E-state index contributed by atoms with van der Waals surface area (Å²) in [6, 6.07) is 3.33. The molecule has 1 heterocycles.